The SMILES string of the molecule is COc1ccc2c(c1)C(=O)N(C=P[C@@]1(c3cc4cc(C(=O)NCCN(C)C)ccc4o3)NC(=O)NC1=O)C2. The van der Waals surface area contributed by atoms with Gasteiger partial charge >= 0.3 is 6.03 Å². The van der Waals surface area contributed by atoms with Gasteiger partial charge in [-0.1, -0.05) is 6.07 Å². The molecule has 1 fully saturated rings. The van der Waals surface area contributed by atoms with Gasteiger partial charge in [-0.2, -0.15) is 0 Å². The number of hydrogen-bond acceptors (Lipinski definition) is 7. The van der Waals surface area contributed by atoms with Crippen molar-refractivity contribution in [2.75, 3.05) is 34.3 Å². The minimum absolute atomic E-state index is 0.185. The van der Waals surface area contributed by atoms with Gasteiger partial charge in [0, 0.05) is 35.5 Å². The monoisotopic (exact) mass is 535 g/mol. The lowest BCUT2D eigenvalue weighted by molar-refractivity contribution is -0.121. The van der Waals surface area contributed by atoms with Crippen LogP contribution in [0.2, 0.25) is 0 Å². The summed E-state index contributed by atoms with van der Waals surface area (Å²) in [5.41, 5.74) is 2.24. The quantitative estimate of drug-likeness (QED) is 0.297. The Hall–Kier alpha value is -4.21. The highest BCUT2D eigenvalue weighted by molar-refractivity contribution is 7.41. The summed E-state index contributed by atoms with van der Waals surface area (Å²) >= 11 is 0. The molecule has 0 spiro atoms. The van der Waals surface area contributed by atoms with Gasteiger partial charge in [0.05, 0.1) is 13.7 Å². The molecule has 12 heteroatoms. The van der Waals surface area contributed by atoms with E-state index in [0.29, 0.717) is 55.7 Å². The number of carbonyl (C=O) groups excluding carboxylic acids is 4. The molecule has 2 aliphatic rings. The fourth-order valence-electron chi connectivity index (χ4n) is 4.31. The molecule has 5 amide bonds. The molecule has 1 atom stereocenters. The zero-order valence-electron chi connectivity index (χ0n) is 21.0. The molecule has 5 rings (SSSR count). The molecule has 11 nitrogen and oxygen atoms in total. The Kier molecular flexibility index (Phi) is 6.64. The highest BCUT2D eigenvalue weighted by Crippen LogP contribution is 2.40. The van der Waals surface area contributed by atoms with E-state index in [1.54, 1.807) is 42.3 Å². The maximum Gasteiger partial charge on any atom is 0.323 e. The van der Waals surface area contributed by atoms with Crippen LogP contribution in [-0.4, -0.2) is 73.8 Å². The second-order valence-corrected chi connectivity index (χ2v) is 10.4. The normalized spacial score (nSPS) is 18.8. The number of carbonyl (C=O) groups is 4. The predicted molar refractivity (Wildman–Crippen MR) is 141 cm³/mol. The molecule has 3 aromatic rings. The van der Waals surface area contributed by atoms with E-state index in [1.165, 1.54) is 12.0 Å². The van der Waals surface area contributed by atoms with Crippen LogP contribution >= 0.6 is 8.20 Å². The molecular weight excluding hydrogens is 509 g/mol. The highest BCUT2D eigenvalue weighted by Gasteiger charge is 2.50. The molecule has 38 heavy (non-hydrogen) atoms. The minimum atomic E-state index is -1.59. The van der Waals surface area contributed by atoms with Crippen molar-refractivity contribution in [2.45, 2.75) is 11.8 Å². The van der Waals surface area contributed by atoms with E-state index in [4.69, 9.17) is 9.15 Å². The van der Waals surface area contributed by atoms with Gasteiger partial charge in [-0.15, -0.1) is 0 Å². The lowest BCUT2D eigenvalue weighted by Crippen LogP contribution is -2.38. The van der Waals surface area contributed by atoms with Crippen LogP contribution in [0, 0.1) is 0 Å². The minimum Gasteiger partial charge on any atom is -0.497 e. The van der Waals surface area contributed by atoms with Crippen molar-refractivity contribution in [3.63, 3.8) is 0 Å². The number of hydrogen-bond donors (Lipinski definition) is 3. The highest BCUT2D eigenvalue weighted by atomic mass is 31.1. The van der Waals surface area contributed by atoms with Crippen LogP contribution in [0.1, 0.15) is 32.0 Å². The van der Waals surface area contributed by atoms with Crippen LogP contribution in [0.5, 0.6) is 5.75 Å². The maximum absolute atomic E-state index is 13.1. The Balaban J connectivity index is 1.44. The van der Waals surface area contributed by atoms with Crippen LogP contribution in [0.15, 0.2) is 46.9 Å². The zero-order valence-corrected chi connectivity index (χ0v) is 21.9. The number of amides is 5. The van der Waals surface area contributed by atoms with Crippen LogP contribution in [0.3, 0.4) is 0 Å². The van der Waals surface area contributed by atoms with Crippen LogP contribution in [0.4, 0.5) is 4.79 Å². The first-order valence-electron chi connectivity index (χ1n) is 11.8. The fraction of sp³-hybridized carbons (Fsp3) is 0.269. The molecule has 0 saturated carbocycles. The lowest BCUT2D eigenvalue weighted by Gasteiger charge is -2.19. The predicted octanol–water partition coefficient (Wildman–Crippen LogP) is 2.09. The number of likely N-dealkylation sites (N-methyl/N-ethyl adjacent to an activating group) is 1. The largest absolute Gasteiger partial charge is 0.497 e. The third-order valence-corrected chi connectivity index (χ3v) is 7.69. The van der Waals surface area contributed by atoms with E-state index in [0.717, 1.165) is 5.56 Å². The summed E-state index contributed by atoms with van der Waals surface area (Å²) in [6.07, 6.45) is 0. The molecular formula is C26H26N5O6P. The van der Waals surface area contributed by atoms with Crippen molar-refractivity contribution in [1.29, 1.82) is 0 Å². The molecule has 0 unspecified atom stereocenters. The van der Waals surface area contributed by atoms with Gasteiger partial charge in [-0.25, -0.2) is 4.79 Å². The molecule has 196 valence electrons. The van der Waals surface area contributed by atoms with Crippen molar-refractivity contribution in [2.24, 2.45) is 0 Å². The summed E-state index contributed by atoms with van der Waals surface area (Å²) in [4.78, 5) is 54.3. The summed E-state index contributed by atoms with van der Waals surface area (Å²) in [5, 5.41) is 6.81. The number of nitrogens with zero attached hydrogens (tertiary/aromatic N) is 2. The third-order valence-electron chi connectivity index (χ3n) is 6.37. The summed E-state index contributed by atoms with van der Waals surface area (Å²) in [6.45, 7) is 1.52. The average molecular weight is 535 g/mol. The van der Waals surface area contributed by atoms with E-state index in [2.05, 4.69) is 16.0 Å². The van der Waals surface area contributed by atoms with E-state index in [1.807, 2.05) is 25.1 Å². The Bertz CT molecular complexity index is 1500. The van der Waals surface area contributed by atoms with E-state index in [9.17, 15) is 19.2 Å². The zero-order chi connectivity index (χ0) is 27.0. The standard InChI is InChI=1S/C26H26N5O6P/c1-30(2)9-8-27-22(32)15-5-7-20-17(10-15)11-21(37-20)26(24(34)28-25(35)29-26)38-14-31-13-16-4-6-18(36-3)12-19(16)23(31)33/h4-7,10-12,14H,8-9,13H2,1-3H3,(H,27,32)(H2,28,29,34,35)/t26-/m1/s1. The molecule has 1 saturated heterocycles. The average Bonchev–Trinajstić information content (AvgIpc) is 3.55. The van der Waals surface area contributed by atoms with E-state index >= 15 is 0 Å². The van der Waals surface area contributed by atoms with Gasteiger partial charge in [-0.3, -0.25) is 19.7 Å². The van der Waals surface area contributed by atoms with Crippen LogP contribution in [-0.2, 0) is 16.6 Å². The first-order valence-corrected chi connectivity index (χ1v) is 12.8. The molecule has 1 aromatic heterocycles. The topological polar surface area (TPSA) is 133 Å². The van der Waals surface area contributed by atoms with Crippen molar-refractivity contribution in [3.05, 3.63) is 64.9 Å². The number of urea groups is 1. The van der Waals surface area contributed by atoms with Gasteiger partial charge in [0.25, 0.3) is 17.7 Å². The van der Waals surface area contributed by atoms with Gasteiger partial charge in [-0.05, 0) is 64.3 Å². The summed E-state index contributed by atoms with van der Waals surface area (Å²) < 4.78 is 11.2. The Labute approximate surface area is 219 Å². The van der Waals surface area contributed by atoms with Crippen molar-refractivity contribution >= 4 is 48.8 Å². The number of nitrogens with one attached hydrogen (secondary N) is 3. The number of benzene rings is 2. The number of methoxy groups -OCH3 is 1. The molecule has 0 radical (unpaired) electrons. The van der Waals surface area contributed by atoms with Crippen molar-refractivity contribution in [1.82, 2.24) is 25.8 Å². The summed E-state index contributed by atoms with van der Waals surface area (Å²) in [6, 6.07) is 11.2. The van der Waals surface area contributed by atoms with Crippen molar-refractivity contribution in [3.8, 4) is 5.75 Å². The lowest BCUT2D eigenvalue weighted by atomic mass is 10.1. The number of furan rings is 1. The number of ether oxygens (including phenoxy) is 1. The summed E-state index contributed by atoms with van der Waals surface area (Å²) in [5.74, 6) is 1.26. The van der Waals surface area contributed by atoms with Gasteiger partial charge < -0.3 is 29.6 Å². The summed E-state index contributed by atoms with van der Waals surface area (Å²) in [7, 11) is 5.67. The Morgan fingerprint density at radius 1 is 1.21 bits per heavy atom. The molecule has 3 heterocycles. The van der Waals surface area contributed by atoms with Gasteiger partial charge in [0.1, 0.15) is 17.1 Å². The van der Waals surface area contributed by atoms with Crippen LogP contribution in [0.25, 0.3) is 11.0 Å². The molecule has 2 aliphatic heterocycles. The number of rotatable bonds is 8. The molecule has 2 aromatic carbocycles. The first-order chi connectivity index (χ1) is 18.2. The third kappa shape index (κ3) is 4.62. The van der Waals surface area contributed by atoms with E-state index < -0.39 is 17.2 Å². The smallest absolute Gasteiger partial charge is 0.323 e. The fourth-order valence-corrected chi connectivity index (χ4v) is 5.39. The number of imide groups is 1. The van der Waals surface area contributed by atoms with Crippen LogP contribution < -0.4 is 20.7 Å². The second-order valence-electron chi connectivity index (χ2n) is 9.24. The molecule has 3 N–H and O–H groups in total. The van der Waals surface area contributed by atoms with E-state index in [-0.39, 0.29) is 17.6 Å². The Morgan fingerprint density at radius 2 is 2.03 bits per heavy atom. The van der Waals surface area contributed by atoms with Crippen molar-refractivity contribution < 1.29 is 28.3 Å². The van der Waals surface area contributed by atoms with Gasteiger partial charge in [0.15, 0.2) is 0 Å². The maximum atomic E-state index is 13.1. The molecule has 0 aliphatic carbocycles. The second kappa shape index (κ2) is 9.92. The van der Waals surface area contributed by atoms with Gasteiger partial charge in [0.2, 0.25) is 5.28 Å². The Morgan fingerprint density at radius 3 is 2.74 bits per heavy atom. The number of fused-ring (bicyclic) bond motifs is 2. The molecule has 0 bridgehead atoms. The first kappa shape index (κ1) is 25.4.